The molecular formula is C16H21ClN4O2. The first-order chi connectivity index (χ1) is 10.7. The summed E-state index contributed by atoms with van der Waals surface area (Å²) in [7, 11) is 0. The minimum absolute atomic E-state index is 0. The maximum atomic E-state index is 12.0. The van der Waals surface area contributed by atoms with E-state index >= 15 is 0 Å². The molecule has 23 heavy (non-hydrogen) atoms. The summed E-state index contributed by atoms with van der Waals surface area (Å²) in [5.41, 5.74) is 1.93. The van der Waals surface area contributed by atoms with E-state index in [1.165, 1.54) is 0 Å². The van der Waals surface area contributed by atoms with Crippen LogP contribution in [0.5, 0.6) is 0 Å². The van der Waals surface area contributed by atoms with Crippen molar-refractivity contribution in [1.82, 2.24) is 15.5 Å². The van der Waals surface area contributed by atoms with Gasteiger partial charge in [-0.25, -0.2) is 0 Å². The van der Waals surface area contributed by atoms with E-state index in [1.54, 1.807) is 0 Å². The number of halogens is 1. The Bertz CT molecular complexity index is 636. The lowest BCUT2D eigenvalue weighted by Gasteiger charge is -2.03. The highest BCUT2D eigenvalue weighted by atomic mass is 35.5. The van der Waals surface area contributed by atoms with Gasteiger partial charge in [0.15, 0.2) is 5.82 Å². The number of aromatic nitrogens is 2. The Morgan fingerprint density at radius 1 is 1.39 bits per heavy atom. The van der Waals surface area contributed by atoms with Crippen LogP contribution in [0.4, 0.5) is 5.69 Å². The van der Waals surface area contributed by atoms with Gasteiger partial charge in [-0.1, -0.05) is 22.9 Å². The first-order valence-corrected chi connectivity index (χ1v) is 7.58. The Morgan fingerprint density at radius 2 is 2.17 bits per heavy atom. The molecule has 1 atom stereocenters. The third kappa shape index (κ3) is 5.04. The fourth-order valence-electron chi connectivity index (χ4n) is 2.57. The van der Waals surface area contributed by atoms with Gasteiger partial charge in [0.25, 0.3) is 0 Å². The second-order valence-corrected chi connectivity index (χ2v) is 5.76. The third-order valence-electron chi connectivity index (χ3n) is 3.79. The summed E-state index contributed by atoms with van der Waals surface area (Å²) >= 11 is 0. The van der Waals surface area contributed by atoms with E-state index in [0.29, 0.717) is 17.6 Å². The average molecular weight is 337 g/mol. The van der Waals surface area contributed by atoms with Crippen LogP contribution < -0.4 is 10.6 Å². The Morgan fingerprint density at radius 3 is 2.87 bits per heavy atom. The topological polar surface area (TPSA) is 80.0 Å². The van der Waals surface area contributed by atoms with Gasteiger partial charge in [-0.3, -0.25) is 4.79 Å². The van der Waals surface area contributed by atoms with Crippen molar-refractivity contribution >= 4 is 24.0 Å². The van der Waals surface area contributed by atoms with Crippen LogP contribution in [0.25, 0.3) is 0 Å². The van der Waals surface area contributed by atoms with Crippen molar-refractivity contribution in [2.45, 2.75) is 26.2 Å². The molecule has 2 aromatic rings. The lowest BCUT2D eigenvalue weighted by Crippen LogP contribution is -2.15. The summed E-state index contributed by atoms with van der Waals surface area (Å²) in [5, 5.41) is 10.0. The molecular weight excluding hydrogens is 316 g/mol. The minimum Gasteiger partial charge on any atom is -0.339 e. The summed E-state index contributed by atoms with van der Waals surface area (Å²) in [6.45, 7) is 4.04. The summed E-state index contributed by atoms with van der Waals surface area (Å²) in [4.78, 5) is 16.3. The molecule has 1 aromatic heterocycles. The summed E-state index contributed by atoms with van der Waals surface area (Å²) in [6.07, 6.45) is 2.03. The predicted molar refractivity (Wildman–Crippen MR) is 89.7 cm³/mol. The highest BCUT2D eigenvalue weighted by Gasteiger charge is 2.19. The van der Waals surface area contributed by atoms with Crippen molar-refractivity contribution < 1.29 is 9.32 Å². The normalized spacial score (nSPS) is 16.8. The van der Waals surface area contributed by atoms with Crippen LogP contribution in [0.15, 0.2) is 28.8 Å². The molecule has 1 saturated heterocycles. The van der Waals surface area contributed by atoms with Gasteiger partial charge in [0, 0.05) is 12.1 Å². The van der Waals surface area contributed by atoms with E-state index in [9.17, 15) is 4.79 Å². The summed E-state index contributed by atoms with van der Waals surface area (Å²) in [6, 6.07) is 7.67. The highest BCUT2D eigenvalue weighted by molar-refractivity contribution is 5.91. The first kappa shape index (κ1) is 17.4. The monoisotopic (exact) mass is 336 g/mol. The maximum Gasteiger partial charge on any atom is 0.232 e. The fourth-order valence-corrected chi connectivity index (χ4v) is 2.57. The molecule has 1 aromatic carbocycles. The summed E-state index contributed by atoms with van der Waals surface area (Å²) in [5.74, 6) is 1.46. The van der Waals surface area contributed by atoms with Crippen molar-refractivity contribution in [3.8, 4) is 0 Å². The predicted octanol–water partition coefficient (Wildman–Crippen LogP) is 2.13. The van der Waals surface area contributed by atoms with Crippen LogP contribution in [0.2, 0.25) is 0 Å². The number of aryl methyl sites for hydroxylation is 1. The molecule has 1 amide bonds. The largest absolute Gasteiger partial charge is 0.339 e. The summed E-state index contributed by atoms with van der Waals surface area (Å²) < 4.78 is 5.22. The van der Waals surface area contributed by atoms with E-state index in [0.717, 1.165) is 37.2 Å². The molecule has 124 valence electrons. The lowest BCUT2D eigenvalue weighted by molar-refractivity contribution is -0.115. The van der Waals surface area contributed by atoms with Gasteiger partial charge in [0.1, 0.15) is 0 Å². The van der Waals surface area contributed by atoms with Crippen LogP contribution in [-0.2, 0) is 17.6 Å². The van der Waals surface area contributed by atoms with Crippen molar-refractivity contribution in [2.24, 2.45) is 5.92 Å². The molecule has 1 fully saturated rings. The van der Waals surface area contributed by atoms with Crippen molar-refractivity contribution in [2.75, 3.05) is 18.4 Å². The van der Waals surface area contributed by atoms with E-state index in [2.05, 4.69) is 20.8 Å². The van der Waals surface area contributed by atoms with Crippen LogP contribution in [0.3, 0.4) is 0 Å². The van der Waals surface area contributed by atoms with Gasteiger partial charge < -0.3 is 15.2 Å². The van der Waals surface area contributed by atoms with Crippen LogP contribution in [0.1, 0.15) is 23.7 Å². The number of nitrogens with one attached hydrogen (secondary N) is 2. The molecule has 1 aliphatic heterocycles. The van der Waals surface area contributed by atoms with Crippen molar-refractivity contribution in [3.63, 3.8) is 0 Å². The second-order valence-electron chi connectivity index (χ2n) is 5.76. The second kappa shape index (κ2) is 8.08. The number of benzene rings is 1. The Kier molecular flexibility index (Phi) is 6.12. The highest BCUT2D eigenvalue weighted by Crippen LogP contribution is 2.14. The van der Waals surface area contributed by atoms with Gasteiger partial charge >= 0.3 is 0 Å². The number of anilines is 1. The number of nitrogens with zero attached hydrogens (tertiary/aromatic N) is 2. The SMILES string of the molecule is Cc1ccc(NC(=O)Cc2noc(CC3CCNC3)n2)cc1.Cl. The number of rotatable bonds is 5. The number of carbonyl (C=O) groups excluding carboxylic acids is 1. The molecule has 0 radical (unpaired) electrons. The van der Waals surface area contributed by atoms with Gasteiger partial charge in [0.05, 0.1) is 6.42 Å². The van der Waals surface area contributed by atoms with E-state index in [1.807, 2.05) is 31.2 Å². The van der Waals surface area contributed by atoms with Crippen LogP contribution in [0, 0.1) is 12.8 Å². The maximum absolute atomic E-state index is 12.0. The quantitative estimate of drug-likeness (QED) is 0.874. The van der Waals surface area contributed by atoms with E-state index in [-0.39, 0.29) is 24.7 Å². The zero-order valence-electron chi connectivity index (χ0n) is 13.0. The lowest BCUT2D eigenvalue weighted by atomic mass is 10.1. The van der Waals surface area contributed by atoms with Crippen molar-refractivity contribution in [1.29, 1.82) is 0 Å². The van der Waals surface area contributed by atoms with Gasteiger partial charge in [0.2, 0.25) is 11.8 Å². The van der Waals surface area contributed by atoms with E-state index in [4.69, 9.17) is 4.52 Å². The number of hydrogen-bond acceptors (Lipinski definition) is 5. The number of hydrogen-bond donors (Lipinski definition) is 2. The molecule has 3 rings (SSSR count). The smallest absolute Gasteiger partial charge is 0.232 e. The van der Waals surface area contributed by atoms with Crippen LogP contribution >= 0.6 is 12.4 Å². The Balaban J connectivity index is 0.00000192. The molecule has 6 nitrogen and oxygen atoms in total. The van der Waals surface area contributed by atoms with Crippen LogP contribution in [-0.4, -0.2) is 29.1 Å². The molecule has 0 saturated carbocycles. The molecule has 7 heteroatoms. The zero-order valence-corrected chi connectivity index (χ0v) is 13.9. The third-order valence-corrected chi connectivity index (χ3v) is 3.79. The van der Waals surface area contributed by atoms with Crippen molar-refractivity contribution in [3.05, 3.63) is 41.5 Å². The fraction of sp³-hybridized carbons (Fsp3) is 0.438. The number of amides is 1. The number of carbonyl (C=O) groups is 1. The van der Waals surface area contributed by atoms with E-state index < -0.39 is 0 Å². The molecule has 0 spiro atoms. The van der Waals surface area contributed by atoms with Gasteiger partial charge in [-0.15, -0.1) is 12.4 Å². The molecule has 1 unspecified atom stereocenters. The Hall–Kier alpha value is -1.92. The zero-order chi connectivity index (χ0) is 15.4. The minimum atomic E-state index is -0.140. The van der Waals surface area contributed by atoms with Gasteiger partial charge in [-0.05, 0) is 44.5 Å². The molecule has 1 aliphatic rings. The van der Waals surface area contributed by atoms with Gasteiger partial charge in [-0.2, -0.15) is 4.98 Å². The standard InChI is InChI=1S/C16H20N4O2.ClH/c1-11-2-4-13(5-3-11)18-15(21)9-14-19-16(22-20-14)8-12-6-7-17-10-12;/h2-5,12,17H,6-10H2,1H3,(H,18,21);1H. The first-order valence-electron chi connectivity index (χ1n) is 7.58. The molecule has 2 N–H and O–H groups in total. The molecule has 0 aliphatic carbocycles. The molecule has 2 heterocycles. The Labute approximate surface area is 141 Å². The molecule has 0 bridgehead atoms. The average Bonchev–Trinajstić information content (AvgIpc) is 3.14.